The van der Waals surface area contributed by atoms with E-state index in [0.29, 0.717) is 34.0 Å². The quantitative estimate of drug-likeness (QED) is 0.247. The summed E-state index contributed by atoms with van der Waals surface area (Å²) in [5.74, 6) is 0.0769. The number of carbonyl (C=O) groups excluding carboxylic acids is 1. The molecule has 0 saturated carbocycles. The van der Waals surface area contributed by atoms with E-state index in [0.717, 1.165) is 5.56 Å². The molecule has 1 heterocycles. The molecule has 210 valence electrons. The number of hydrogen-bond acceptors (Lipinski definition) is 7. The van der Waals surface area contributed by atoms with Crippen LogP contribution in [0.4, 0.5) is 4.39 Å². The fourth-order valence-electron chi connectivity index (χ4n) is 3.91. The minimum atomic E-state index is -1.45. The molecule has 7 nitrogen and oxygen atoms in total. The number of aliphatic hydroxyl groups excluding tert-OH is 1. The van der Waals surface area contributed by atoms with Crippen LogP contribution in [0.3, 0.4) is 0 Å². The fourth-order valence-corrected chi connectivity index (χ4v) is 4.10. The Hall–Kier alpha value is -3.04. The molecule has 2 atom stereocenters. The Morgan fingerprint density at radius 1 is 1.13 bits per heavy atom. The van der Waals surface area contributed by atoms with Gasteiger partial charge in [-0.05, 0) is 95.3 Å². The van der Waals surface area contributed by atoms with E-state index in [1.54, 1.807) is 38.1 Å². The van der Waals surface area contributed by atoms with Crippen LogP contribution in [0.1, 0.15) is 62.2 Å². The van der Waals surface area contributed by atoms with Crippen molar-refractivity contribution in [1.29, 1.82) is 0 Å². The number of rotatable bonds is 12. The van der Waals surface area contributed by atoms with Gasteiger partial charge in [0.05, 0.1) is 29.6 Å². The molecular formula is C30H36ClFN2O5. The van der Waals surface area contributed by atoms with Gasteiger partial charge in [-0.25, -0.2) is 9.37 Å². The van der Waals surface area contributed by atoms with Crippen molar-refractivity contribution in [3.8, 4) is 22.8 Å². The first-order valence-electron chi connectivity index (χ1n) is 12.7. The van der Waals surface area contributed by atoms with E-state index < -0.39 is 23.1 Å². The number of methoxy groups -OCH3 is 1. The van der Waals surface area contributed by atoms with Crippen LogP contribution >= 0.6 is 11.6 Å². The van der Waals surface area contributed by atoms with Crippen LogP contribution < -0.4 is 14.8 Å². The third-order valence-corrected chi connectivity index (χ3v) is 7.03. The smallest absolute Gasteiger partial charge is 0.163 e. The Bertz CT molecular complexity index is 1330. The van der Waals surface area contributed by atoms with E-state index in [1.165, 1.54) is 19.2 Å². The molecule has 0 amide bonds. The number of aliphatic hydroxyl groups is 2. The number of carbonyl (C=O) groups is 1. The van der Waals surface area contributed by atoms with E-state index in [2.05, 4.69) is 5.32 Å². The summed E-state index contributed by atoms with van der Waals surface area (Å²) < 4.78 is 24.7. The van der Waals surface area contributed by atoms with Gasteiger partial charge in [-0.2, -0.15) is 0 Å². The van der Waals surface area contributed by atoms with Crippen molar-refractivity contribution >= 4 is 17.4 Å². The van der Waals surface area contributed by atoms with E-state index >= 15 is 0 Å². The highest BCUT2D eigenvalue weighted by Crippen LogP contribution is 2.34. The summed E-state index contributed by atoms with van der Waals surface area (Å²) in [7, 11) is 3.31. The average molecular weight is 559 g/mol. The zero-order valence-electron chi connectivity index (χ0n) is 23.1. The molecule has 0 aliphatic heterocycles. The Morgan fingerprint density at radius 2 is 1.85 bits per heavy atom. The Balaban J connectivity index is 1.89. The van der Waals surface area contributed by atoms with Gasteiger partial charge in [-0.15, -0.1) is 0 Å². The van der Waals surface area contributed by atoms with Gasteiger partial charge in [0.15, 0.2) is 17.3 Å². The van der Waals surface area contributed by atoms with Gasteiger partial charge < -0.3 is 25.0 Å². The second-order valence-electron chi connectivity index (χ2n) is 10.4. The molecule has 0 fully saturated rings. The van der Waals surface area contributed by atoms with E-state index in [9.17, 15) is 19.4 Å². The molecule has 39 heavy (non-hydrogen) atoms. The normalized spacial score (nSPS) is 14.0. The topological polar surface area (TPSA) is 101 Å². The largest absolute Gasteiger partial charge is 0.493 e. The molecule has 0 aliphatic carbocycles. The predicted molar refractivity (Wildman–Crippen MR) is 150 cm³/mol. The minimum absolute atomic E-state index is 0.0239. The van der Waals surface area contributed by atoms with Gasteiger partial charge >= 0.3 is 0 Å². The lowest BCUT2D eigenvalue weighted by atomic mass is 9.87. The zero-order valence-corrected chi connectivity index (χ0v) is 23.9. The van der Waals surface area contributed by atoms with Gasteiger partial charge in [-0.1, -0.05) is 11.6 Å². The molecule has 3 rings (SSSR count). The van der Waals surface area contributed by atoms with Crippen LogP contribution in [0.2, 0.25) is 5.02 Å². The summed E-state index contributed by atoms with van der Waals surface area (Å²) in [5.41, 5.74) is 0.867. The van der Waals surface area contributed by atoms with E-state index in [1.807, 2.05) is 33.0 Å². The number of aromatic nitrogens is 1. The molecule has 2 aromatic carbocycles. The Labute approximate surface area is 234 Å². The first kappa shape index (κ1) is 30.5. The Kier molecular flexibility index (Phi) is 9.72. The van der Waals surface area contributed by atoms with Crippen LogP contribution in [0, 0.1) is 5.82 Å². The second kappa shape index (κ2) is 12.4. The van der Waals surface area contributed by atoms with Crippen molar-refractivity contribution < 1.29 is 28.9 Å². The second-order valence-corrected chi connectivity index (χ2v) is 10.8. The molecule has 0 bridgehead atoms. The van der Waals surface area contributed by atoms with Crippen molar-refractivity contribution in [3.63, 3.8) is 0 Å². The number of halogens is 2. The fraction of sp³-hybridized carbons (Fsp3) is 0.400. The monoisotopic (exact) mass is 558 g/mol. The molecule has 3 aromatic rings. The lowest BCUT2D eigenvalue weighted by Crippen LogP contribution is -2.34. The molecule has 1 aromatic heterocycles. The third-order valence-electron chi connectivity index (χ3n) is 6.74. The highest BCUT2D eigenvalue weighted by Gasteiger charge is 2.30. The number of pyridine rings is 1. The summed E-state index contributed by atoms with van der Waals surface area (Å²) in [6, 6.07) is 12.9. The zero-order chi connectivity index (χ0) is 29.0. The summed E-state index contributed by atoms with van der Waals surface area (Å²) in [6.45, 7) is 7.31. The molecule has 3 N–H and O–H groups in total. The number of nitrogens with zero attached hydrogens (tertiary/aromatic N) is 1. The number of ether oxygens (including phenoxy) is 2. The van der Waals surface area contributed by atoms with Crippen molar-refractivity contribution in [2.24, 2.45) is 0 Å². The van der Waals surface area contributed by atoms with Crippen molar-refractivity contribution in [2.45, 2.75) is 57.8 Å². The molecule has 0 spiro atoms. The standard InChI is InChI=1S/C30H36ClFN2O5/c1-18(35)17-39-26-10-8-20(14-27(26)38-6)25(36)11-12-30(4,37)28-16-21(29(2,3)33-5)15-24(34-28)19-7-9-23(32)22(31)13-19/h7-10,13-16,18,33,35,37H,11-12,17H2,1-6H3/t18-,30?/m1/s1. The molecule has 0 saturated heterocycles. The highest BCUT2D eigenvalue weighted by molar-refractivity contribution is 6.31. The third kappa shape index (κ3) is 7.54. The maximum atomic E-state index is 13.8. The van der Waals surface area contributed by atoms with E-state index in [-0.39, 0.29) is 30.3 Å². The maximum Gasteiger partial charge on any atom is 0.163 e. The maximum absolute atomic E-state index is 13.8. The first-order chi connectivity index (χ1) is 18.3. The molecule has 0 radical (unpaired) electrons. The van der Waals surface area contributed by atoms with Gasteiger partial charge in [0.2, 0.25) is 0 Å². The summed E-state index contributed by atoms with van der Waals surface area (Å²) in [5, 5.41) is 24.2. The van der Waals surface area contributed by atoms with Crippen molar-refractivity contribution in [3.05, 3.63) is 76.2 Å². The van der Waals surface area contributed by atoms with Crippen molar-refractivity contribution in [1.82, 2.24) is 10.3 Å². The summed E-state index contributed by atoms with van der Waals surface area (Å²) >= 11 is 6.03. The first-order valence-corrected chi connectivity index (χ1v) is 13.1. The molecule has 0 aliphatic rings. The Morgan fingerprint density at radius 3 is 2.46 bits per heavy atom. The SMILES string of the molecule is CNC(C)(C)c1cc(-c2ccc(F)c(Cl)c2)nc(C(C)(O)CCC(=O)c2ccc(OC[C@@H](C)O)c(OC)c2)c1. The van der Waals surface area contributed by atoms with Gasteiger partial charge in [-0.3, -0.25) is 4.79 Å². The van der Waals surface area contributed by atoms with E-state index in [4.69, 9.17) is 26.1 Å². The van der Waals surface area contributed by atoms with Crippen molar-refractivity contribution in [2.75, 3.05) is 20.8 Å². The number of benzene rings is 2. The van der Waals surface area contributed by atoms with Gasteiger partial charge in [0.25, 0.3) is 0 Å². The minimum Gasteiger partial charge on any atom is -0.493 e. The molecule has 1 unspecified atom stereocenters. The van der Waals surface area contributed by atoms with Crippen LogP contribution in [0.5, 0.6) is 11.5 Å². The number of nitrogens with one attached hydrogen (secondary N) is 1. The number of hydrogen-bond donors (Lipinski definition) is 3. The van der Waals surface area contributed by atoms with Crippen LogP contribution in [-0.4, -0.2) is 47.8 Å². The highest BCUT2D eigenvalue weighted by atomic mass is 35.5. The lowest BCUT2D eigenvalue weighted by Gasteiger charge is -2.29. The number of ketones is 1. The lowest BCUT2D eigenvalue weighted by molar-refractivity contribution is 0.0396. The number of Topliss-reactive ketones (excluding diaryl/α,β-unsaturated/α-hetero) is 1. The van der Waals surface area contributed by atoms with Gasteiger partial charge in [0, 0.05) is 23.1 Å². The van der Waals surface area contributed by atoms with Crippen LogP contribution in [0.15, 0.2) is 48.5 Å². The summed E-state index contributed by atoms with van der Waals surface area (Å²) in [6.07, 6.45) is -0.498. The molecule has 9 heteroatoms. The van der Waals surface area contributed by atoms with Crippen LogP contribution in [-0.2, 0) is 11.1 Å². The predicted octanol–water partition coefficient (Wildman–Crippen LogP) is 5.63. The van der Waals surface area contributed by atoms with Crippen LogP contribution in [0.25, 0.3) is 11.3 Å². The average Bonchev–Trinajstić information content (AvgIpc) is 2.91. The van der Waals surface area contributed by atoms with Gasteiger partial charge in [0.1, 0.15) is 18.0 Å². The summed E-state index contributed by atoms with van der Waals surface area (Å²) in [4.78, 5) is 17.8. The molecular weight excluding hydrogens is 523 g/mol.